The predicted octanol–water partition coefficient (Wildman–Crippen LogP) is 2.09. The maximum Gasteiger partial charge on any atom is 0.252 e. The van der Waals surface area contributed by atoms with Gasteiger partial charge in [-0.25, -0.2) is 9.67 Å². The van der Waals surface area contributed by atoms with Crippen LogP contribution >= 0.6 is 0 Å². The lowest BCUT2D eigenvalue weighted by atomic mass is 10.1. The fourth-order valence-corrected chi connectivity index (χ4v) is 3.02. The van der Waals surface area contributed by atoms with Gasteiger partial charge in [-0.2, -0.15) is 5.26 Å². The number of carbonyl (C=O) groups is 1. The molecule has 0 fully saturated rings. The van der Waals surface area contributed by atoms with E-state index < -0.39 is 6.04 Å². The Labute approximate surface area is 140 Å². The Hall–Kier alpha value is -2.88. The molecule has 1 unspecified atom stereocenters. The van der Waals surface area contributed by atoms with Crippen LogP contribution in [0, 0.1) is 11.3 Å². The van der Waals surface area contributed by atoms with Crippen molar-refractivity contribution in [2.24, 2.45) is 0 Å². The molecule has 3 rings (SSSR count). The van der Waals surface area contributed by atoms with E-state index in [9.17, 15) is 4.79 Å². The monoisotopic (exact) mass is 325 g/mol. The lowest BCUT2D eigenvalue weighted by Gasteiger charge is -2.26. The second-order valence-electron chi connectivity index (χ2n) is 5.74. The van der Waals surface area contributed by atoms with E-state index in [-0.39, 0.29) is 11.7 Å². The molecule has 7 nitrogen and oxygen atoms in total. The molecule has 0 saturated carbocycles. The molecule has 0 saturated heterocycles. The standard InChI is InChI=1S/C17H19N5O2/c1-12(22-11-19-16(10-18)20-22)17(23)21-9-4-3-6-13-14(21)7-5-8-15(13)24-2/h5,7-8,11-12H,3-4,6,9H2,1-2H3. The highest BCUT2D eigenvalue weighted by atomic mass is 16.5. The van der Waals surface area contributed by atoms with Crippen LogP contribution in [0.1, 0.15) is 37.2 Å². The van der Waals surface area contributed by atoms with Crippen molar-refractivity contribution in [3.63, 3.8) is 0 Å². The number of hydrogen-bond donors (Lipinski definition) is 0. The van der Waals surface area contributed by atoms with Crippen LogP contribution in [0.2, 0.25) is 0 Å². The summed E-state index contributed by atoms with van der Waals surface area (Å²) in [4.78, 5) is 18.7. The number of ether oxygens (including phenoxy) is 1. The highest BCUT2D eigenvalue weighted by Gasteiger charge is 2.28. The smallest absolute Gasteiger partial charge is 0.252 e. The summed E-state index contributed by atoms with van der Waals surface area (Å²) in [6.07, 6.45) is 4.25. The molecule has 2 heterocycles. The summed E-state index contributed by atoms with van der Waals surface area (Å²) in [6, 6.07) is 7.12. The van der Waals surface area contributed by atoms with E-state index in [0.717, 1.165) is 36.3 Å². The van der Waals surface area contributed by atoms with Crippen molar-refractivity contribution in [2.75, 3.05) is 18.6 Å². The number of amides is 1. The van der Waals surface area contributed by atoms with E-state index in [2.05, 4.69) is 10.1 Å². The first-order valence-corrected chi connectivity index (χ1v) is 7.94. The minimum absolute atomic E-state index is 0.0626. The average Bonchev–Trinajstić information content (AvgIpc) is 2.99. The van der Waals surface area contributed by atoms with Crippen molar-refractivity contribution in [1.82, 2.24) is 14.8 Å². The van der Waals surface area contributed by atoms with Crippen molar-refractivity contribution >= 4 is 11.6 Å². The fraction of sp³-hybridized carbons (Fsp3) is 0.412. The van der Waals surface area contributed by atoms with E-state index in [1.807, 2.05) is 24.3 Å². The van der Waals surface area contributed by atoms with Crippen LogP contribution in [-0.2, 0) is 11.2 Å². The van der Waals surface area contributed by atoms with Gasteiger partial charge in [0.1, 0.15) is 24.2 Å². The van der Waals surface area contributed by atoms with Crippen LogP contribution in [0.5, 0.6) is 5.75 Å². The van der Waals surface area contributed by atoms with E-state index in [0.29, 0.717) is 6.54 Å². The van der Waals surface area contributed by atoms with Gasteiger partial charge in [0.2, 0.25) is 0 Å². The summed E-state index contributed by atoms with van der Waals surface area (Å²) in [5.41, 5.74) is 1.96. The molecular weight excluding hydrogens is 306 g/mol. The largest absolute Gasteiger partial charge is 0.496 e. The van der Waals surface area contributed by atoms with Crippen LogP contribution in [0.25, 0.3) is 0 Å². The summed E-state index contributed by atoms with van der Waals surface area (Å²) in [5.74, 6) is 0.806. The van der Waals surface area contributed by atoms with Crippen molar-refractivity contribution in [2.45, 2.75) is 32.2 Å². The number of fused-ring (bicyclic) bond motifs is 1. The summed E-state index contributed by atoms with van der Waals surface area (Å²) >= 11 is 0. The highest BCUT2D eigenvalue weighted by molar-refractivity contribution is 5.97. The molecule has 24 heavy (non-hydrogen) atoms. The molecule has 1 aliphatic heterocycles. The Morgan fingerprint density at radius 2 is 2.25 bits per heavy atom. The molecule has 0 bridgehead atoms. The Kier molecular flexibility index (Phi) is 4.47. The maximum atomic E-state index is 13.0. The van der Waals surface area contributed by atoms with Gasteiger partial charge in [-0.3, -0.25) is 4.79 Å². The van der Waals surface area contributed by atoms with Gasteiger partial charge < -0.3 is 9.64 Å². The van der Waals surface area contributed by atoms with Gasteiger partial charge in [0.05, 0.1) is 12.8 Å². The number of aromatic nitrogens is 3. The summed E-state index contributed by atoms with van der Waals surface area (Å²) < 4.78 is 6.89. The Bertz CT molecular complexity index is 793. The Morgan fingerprint density at radius 3 is 2.96 bits per heavy atom. The van der Waals surface area contributed by atoms with Crippen LogP contribution in [0.4, 0.5) is 5.69 Å². The molecule has 0 spiro atoms. The molecule has 7 heteroatoms. The zero-order valence-corrected chi connectivity index (χ0v) is 13.8. The number of hydrogen-bond acceptors (Lipinski definition) is 5. The lowest BCUT2D eigenvalue weighted by molar-refractivity contribution is -0.121. The average molecular weight is 325 g/mol. The van der Waals surface area contributed by atoms with Crippen molar-refractivity contribution in [1.29, 1.82) is 5.26 Å². The molecule has 1 amide bonds. The first kappa shape index (κ1) is 16.0. The van der Waals surface area contributed by atoms with Crippen molar-refractivity contribution < 1.29 is 9.53 Å². The summed E-state index contributed by atoms with van der Waals surface area (Å²) in [7, 11) is 1.65. The maximum absolute atomic E-state index is 13.0. The first-order valence-electron chi connectivity index (χ1n) is 7.94. The van der Waals surface area contributed by atoms with E-state index in [1.165, 1.54) is 11.0 Å². The lowest BCUT2D eigenvalue weighted by Crippen LogP contribution is -2.37. The summed E-state index contributed by atoms with van der Waals surface area (Å²) in [6.45, 7) is 2.42. The van der Waals surface area contributed by atoms with Crippen molar-refractivity contribution in [3.8, 4) is 11.8 Å². The molecule has 1 aromatic carbocycles. The van der Waals surface area contributed by atoms with Crippen molar-refractivity contribution in [3.05, 3.63) is 35.9 Å². The zero-order chi connectivity index (χ0) is 17.1. The molecule has 124 valence electrons. The predicted molar refractivity (Wildman–Crippen MR) is 87.7 cm³/mol. The molecule has 0 aliphatic carbocycles. The third-order valence-electron chi connectivity index (χ3n) is 4.31. The second-order valence-corrected chi connectivity index (χ2v) is 5.74. The fourth-order valence-electron chi connectivity index (χ4n) is 3.02. The van der Waals surface area contributed by atoms with Gasteiger partial charge in [-0.05, 0) is 38.3 Å². The Balaban J connectivity index is 1.94. The third kappa shape index (κ3) is 2.83. The number of benzene rings is 1. The third-order valence-corrected chi connectivity index (χ3v) is 4.31. The molecule has 2 aromatic rings. The quantitative estimate of drug-likeness (QED) is 0.863. The second kappa shape index (κ2) is 6.71. The Morgan fingerprint density at radius 1 is 1.42 bits per heavy atom. The number of rotatable bonds is 3. The molecular formula is C17H19N5O2. The van der Waals surface area contributed by atoms with Gasteiger partial charge in [0.15, 0.2) is 0 Å². The van der Waals surface area contributed by atoms with Crippen LogP contribution in [0.15, 0.2) is 24.5 Å². The highest BCUT2D eigenvalue weighted by Crippen LogP contribution is 2.34. The first-order chi connectivity index (χ1) is 11.7. The molecule has 1 aromatic heterocycles. The van der Waals surface area contributed by atoms with Gasteiger partial charge in [0.25, 0.3) is 11.7 Å². The van der Waals surface area contributed by atoms with Crippen LogP contribution < -0.4 is 9.64 Å². The molecule has 0 N–H and O–H groups in total. The van der Waals surface area contributed by atoms with Gasteiger partial charge >= 0.3 is 0 Å². The van der Waals surface area contributed by atoms with Gasteiger partial charge in [0, 0.05) is 12.1 Å². The molecule has 1 aliphatic rings. The molecule has 0 radical (unpaired) electrons. The minimum atomic E-state index is -0.531. The SMILES string of the molecule is COc1cccc2c1CCCCN2C(=O)C(C)n1cnc(C#N)n1. The number of methoxy groups -OCH3 is 1. The number of nitrogens with zero attached hydrogens (tertiary/aromatic N) is 5. The van der Waals surface area contributed by atoms with E-state index >= 15 is 0 Å². The van der Waals surface area contributed by atoms with Crippen LogP contribution in [-0.4, -0.2) is 34.3 Å². The normalized spacial score (nSPS) is 15.1. The van der Waals surface area contributed by atoms with Gasteiger partial charge in [-0.15, -0.1) is 5.10 Å². The van der Waals surface area contributed by atoms with E-state index in [1.54, 1.807) is 18.9 Å². The number of carbonyl (C=O) groups excluding carboxylic acids is 1. The zero-order valence-electron chi connectivity index (χ0n) is 13.8. The minimum Gasteiger partial charge on any atom is -0.496 e. The van der Waals surface area contributed by atoms with Gasteiger partial charge in [-0.1, -0.05) is 6.07 Å². The number of nitriles is 1. The van der Waals surface area contributed by atoms with Crippen LogP contribution in [0.3, 0.4) is 0 Å². The summed E-state index contributed by atoms with van der Waals surface area (Å²) in [5, 5.41) is 12.9. The topological polar surface area (TPSA) is 84.0 Å². The molecule has 1 atom stereocenters. The van der Waals surface area contributed by atoms with E-state index in [4.69, 9.17) is 10.00 Å². The number of anilines is 1.